The molecule has 2 aromatic heterocycles. The predicted octanol–water partition coefficient (Wildman–Crippen LogP) is 16.0. The van der Waals surface area contributed by atoms with E-state index in [-0.39, 0.29) is 33.8 Å². The van der Waals surface area contributed by atoms with Crippen LogP contribution in [0.4, 0.5) is 34.1 Å². The van der Waals surface area contributed by atoms with Gasteiger partial charge in [0.05, 0.1) is 11.4 Å². The number of rotatable bonds is 2. The van der Waals surface area contributed by atoms with Crippen molar-refractivity contribution in [2.75, 3.05) is 9.80 Å². The zero-order valence-corrected chi connectivity index (χ0v) is 42.3. The van der Waals surface area contributed by atoms with E-state index in [1.54, 1.807) is 5.56 Å². The second-order valence-electron chi connectivity index (χ2n) is 24.6. The highest BCUT2D eigenvalue weighted by molar-refractivity contribution is 7.33. The third kappa shape index (κ3) is 6.00. The molecule has 4 heterocycles. The zero-order valence-electron chi connectivity index (χ0n) is 41.5. The minimum absolute atomic E-state index is 0.0313. The van der Waals surface area contributed by atoms with E-state index in [9.17, 15) is 0 Å². The van der Waals surface area contributed by atoms with Crippen molar-refractivity contribution in [1.29, 1.82) is 0 Å². The first-order valence-electron chi connectivity index (χ1n) is 24.7. The second-order valence-corrected chi connectivity index (χ2v) is 25.7. The smallest absolute Gasteiger partial charge is 0.264 e. The fourth-order valence-corrected chi connectivity index (χ4v) is 13.8. The maximum atomic E-state index is 7.00. The molecule has 2 aliphatic carbocycles. The van der Waals surface area contributed by atoms with Crippen molar-refractivity contribution in [3.8, 4) is 0 Å². The number of hydrogen-bond donors (Lipinski definition) is 0. The van der Waals surface area contributed by atoms with Crippen molar-refractivity contribution >= 4 is 99.9 Å². The molecule has 0 N–H and O–H groups in total. The summed E-state index contributed by atoms with van der Waals surface area (Å²) >= 11 is 2.05. The van der Waals surface area contributed by atoms with Crippen molar-refractivity contribution in [2.24, 2.45) is 0 Å². The van der Waals surface area contributed by atoms with Gasteiger partial charge < -0.3 is 14.2 Å². The molecule has 1 unspecified atom stereocenters. The molecule has 66 heavy (non-hydrogen) atoms. The van der Waals surface area contributed by atoms with Gasteiger partial charge in [-0.2, -0.15) is 0 Å². The van der Waals surface area contributed by atoms with Gasteiger partial charge in [-0.1, -0.05) is 139 Å². The molecule has 6 aromatic carbocycles. The third-order valence-corrected chi connectivity index (χ3v) is 18.0. The topological polar surface area (TPSA) is 19.6 Å². The van der Waals surface area contributed by atoms with E-state index in [4.69, 9.17) is 4.42 Å². The standard InChI is InChI=1S/C61H65BN2OS/c1-35-25-26-59(8,9)43-31-42-52(32-41(35)43)66-56-54(42)63(38-23-21-36(22-24-38)57(2,3)4)49-29-37(58(5,6)7)30-50-53(49)62(56)46-33-44-45(61(12,13)28-27-60(44,10)11)34-48(46)64(50)47-19-16-18-40-39-17-14-15-20-51(39)65-55(40)47/h14-24,29-35H,25-28H2,1-13H3. The molecule has 0 fully saturated rings. The molecule has 0 bridgehead atoms. The van der Waals surface area contributed by atoms with Crippen molar-refractivity contribution in [2.45, 2.75) is 149 Å². The van der Waals surface area contributed by atoms with Crippen molar-refractivity contribution in [3.63, 3.8) is 0 Å². The monoisotopic (exact) mass is 884 g/mol. The number of fused-ring (bicyclic) bond motifs is 11. The van der Waals surface area contributed by atoms with Crippen LogP contribution in [-0.2, 0) is 27.1 Å². The van der Waals surface area contributed by atoms with E-state index in [1.165, 1.54) is 101 Å². The molecule has 0 saturated heterocycles. The Bertz CT molecular complexity index is 3350. The Morgan fingerprint density at radius 2 is 1.23 bits per heavy atom. The number of benzene rings is 6. The largest absolute Gasteiger partial charge is 0.454 e. The van der Waals surface area contributed by atoms with Crippen LogP contribution in [0.15, 0.2) is 108 Å². The van der Waals surface area contributed by atoms with E-state index in [0.717, 1.165) is 34.0 Å². The summed E-state index contributed by atoms with van der Waals surface area (Å²) in [5, 5.41) is 3.70. The summed E-state index contributed by atoms with van der Waals surface area (Å²) in [5.41, 5.74) is 21.0. The summed E-state index contributed by atoms with van der Waals surface area (Å²) in [5.74, 6) is 0.540. The predicted molar refractivity (Wildman–Crippen MR) is 286 cm³/mol. The maximum Gasteiger partial charge on any atom is 0.264 e. The van der Waals surface area contributed by atoms with E-state index < -0.39 is 0 Å². The summed E-state index contributed by atoms with van der Waals surface area (Å²) in [6.07, 6.45) is 4.76. The van der Waals surface area contributed by atoms with E-state index in [2.05, 4.69) is 214 Å². The van der Waals surface area contributed by atoms with Crippen LogP contribution in [0.5, 0.6) is 0 Å². The fourth-order valence-electron chi connectivity index (χ4n) is 12.4. The van der Waals surface area contributed by atoms with Crippen LogP contribution in [-0.4, -0.2) is 6.71 Å². The fraction of sp³-hybridized carbons (Fsp3) is 0.377. The van der Waals surface area contributed by atoms with Crippen LogP contribution < -0.4 is 25.5 Å². The first-order chi connectivity index (χ1) is 31.1. The normalized spacial score (nSPS) is 19.2. The summed E-state index contributed by atoms with van der Waals surface area (Å²) in [6.45, 7) is 31.5. The lowest BCUT2D eigenvalue weighted by molar-refractivity contribution is 0.332. The average Bonchev–Trinajstić information content (AvgIpc) is 3.84. The number of anilines is 6. The maximum absolute atomic E-state index is 7.00. The third-order valence-electron chi connectivity index (χ3n) is 16.7. The van der Waals surface area contributed by atoms with Crippen LogP contribution >= 0.6 is 11.3 Å². The molecule has 0 amide bonds. The molecule has 0 saturated carbocycles. The van der Waals surface area contributed by atoms with Gasteiger partial charge in [-0.3, -0.25) is 0 Å². The second kappa shape index (κ2) is 13.7. The molecule has 2 aliphatic heterocycles. The van der Waals surface area contributed by atoms with Gasteiger partial charge in [0.15, 0.2) is 5.58 Å². The highest BCUT2D eigenvalue weighted by Gasteiger charge is 2.49. The summed E-state index contributed by atoms with van der Waals surface area (Å²) in [7, 11) is 0. The van der Waals surface area contributed by atoms with Crippen molar-refractivity contribution in [3.05, 3.63) is 137 Å². The first kappa shape index (κ1) is 42.1. The lowest BCUT2D eigenvalue weighted by Crippen LogP contribution is -2.61. The van der Waals surface area contributed by atoms with Gasteiger partial charge in [0.25, 0.3) is 6.71 Å². The molecule has 1 atom stereocenters. The van der Waals surface area contributed by atoms with Crippen LogP contribution in [0.1, 0.15) is 155 Å². The van der Waals surface area contributed by atoms with Gasteiger partial charge in [0, 0.05) is 48.4 Å². The first-order valence-corrected chi connectivity index (χ1v) is 25.5. The van der Waals surface area contributed by atoms with Gasteiger partial charge >= 0.3 is 0 Å². The highest BCUT2D eigenvalue weighted by atomic mass is 32.1. The summed E-state index contributed by atoms with van der Waals surface area (Å²) < 4.78 is 9.85. The lowest BCUT2D eigenvalue weighted by Gasteiger charge is -2.47. The molecule has 334 valence electrons. The number of thiophene rings is 1. The van der Waals surface area contributed by atoms with Crippen molar-refractivity contribution < 1.29 is 4.42 Å². The average molecular weight is 885 g/mol. The highest BCUT2D eigenvalue weighted by Crippen LogP contribution is 2.55. The van der Waals surface area contributed by atoms with Crippen LogP contribution in [0, 0.1) is 0 Å². The van der Waals surface area contributed by atoms with Gasteiger partial charge in [-0.15, -0.1) is 11.3 Å². The van der Waals surface area contributed by atoms with Gasteiger partial charge in [0.2, 0.25) is 0 Å². The molecular formula is C61H65BN2OS. The minimum Gasteiger partial charge on any atom is -0.454 e. The van der Waals surface area contributed by atoms with Gasteiger partial charge in [-0.25, -0.2) is 0 Å². The number of hydrogen-bond acceptors (Lipinski definition) is 4. The van der Waals surface area contributed by atoms with Crippen LogP contribution in [0.2, 0.25) is 0 Å². The Morgan fingerprint density at radius 1 is 0.591 bits per heavy atom. The molecule has 8 aromatic rings. The molecule has 4 aliphatic rings. The SMILES string of the molecule is CC1CCC(C)(C)c2cc3c4c(sc3cc21)B1c2cc3c(cc2N(c2cccc5c2oc2ccccc25)c2cc(C(C)(C)C)cc(c21)N4c1ccc(C(C)(C)C)cc1)C(C)(C)CCC3(C)C. The van der Waals surface area contributed by atoms with E-state index in [1.807, 2.05) is 0 Å². The molecule has 12 rings (SSSR count). The van der Waals surface area contributed by atoms with E-state index >= 15 is 0 Å². The number of nitrogens with zero attached hydrogens (tertiary/aromatic N) is 2. The van der Waals surface area contributed by atoms with Crippen LogP contribution in [0.25, 0.3) is 32.0 Å². The van der Waals surface area contributed by atoms with E-state index in [0.29, 0.717) is 5.92 Å². The zero-order chi connectivity index (χ0) is 46.2. The summed E-state index contributed by atoms with van der Waals surface area (Å²) in [4.78, 5) is 5.32. The quantitative estimate of drug-likeness (QED) is 0.161. The minimum atomic E-state index is -0.127. The molecule has 0 radical (unpaired) electrons. The van der Waals surface area contributed by atoms with Gasteiger partial charge in [-0.05, 0) is 158 Å². The molecule has 3 nitrogen and oxygen atoms in total. The number of furan rings is 1. The lowest BCUT2D eigenvalue weighted by atomic mass is 9.35. The Morgan fingerprint density at radius 3 is 1.92 bits per heavy atom. The molecule has 0 spiro atoms. The Balaban J connectivity index is 1.25. The Kier molecular flexibility index (Phi) is 8.73. The Hall–Kier alpha value is -5.26. The Labute approximate surface area is 397 Å². The molecular weight excluding hydrogens is 820 g/mol. The number of para-hydroxylation sites is 2. The molecule has 5 heteroatoms. The summed E-state index contributed by atoms with van der Waals surface area (Å²) in [6, 6.07) is 40.6. The van der Waals surface area contributed by atoms with Crippen molar-refractivity contribution in [1.82, 2.24) is 0 Å². The van der Waals surface area contributed by atoms with Crippen LogP contribution in [0.3, 0.4) is 0 Å². The van der Waals surface area contributed by atoms with Gasteiger partial charge in [0.1, 0.15) is 5.58 Å².